The van der Waals surface area contributed by atoms with Crippen molar-refractivity contribution in [1.29, 1.82) is 0 Å². The van der Waals surface area contributed by atoms with E-state index < -0.39 is 0 Å². The molecule has 2 unspecified atom stereocenters. The Bertz CT molecular complexity index is 370. The van der Waals surface area contributed by atoms with Gasteiger partial charge in [0.2, 0.25) is 0 Å². The third-order valence-electron chi connectivity index (χ3n) is 5.06. The van der Waals surface area contributed by atoms with E-state index in [4.69, 9.17) is 21.7 Å². The zero-order valence-corrected chi connectivity index (χ0v) is 9.83. The molecule has 0 radical (unpaired) electrons. The minimum atomic E-state index is 0.204. The molecule has 0 amide bonds. The number of hydrogen-bond acceptors (Lipinski definition) is 3. The predicted octanol–water partition coefficient (Wildman–Crippen LogP) is 2.74. The minimum Gasteiger partial charge on any atom is -0.449 e. The molecule has 4 aliphatic rings. The van der Waals surface area contributed by atoms with E-state index in [0.29, 0.717) is 5.24 Å². The Morgan fingerprint density at radius 2 is 1.25 bits per heavy atom. The van der Waals surface area contributed by atoms with Crippen molar-refractivity contribution < 1.29 is 9.47 Å². The Labute approximate surface area is 100 Å². The van der Waals surface area contributed by atoms with Crippen molar-refractivity contribution in [1.82, 2.24) is 0 Å². The second kappa shape index (κ2) is 2.70. The molecule has 4 rings (SSSR count). The van der Waals surface area contributed by atoms with Gasteiger partial charge in [-0.25, -0.2) is 0 Å². The Morgan fingerprint density at radius 1 is 0.875 bits per heavy atom. The molecular weight excluding hydrogens is 220 g/mol. The van der Waals surface area contributed by atoms with Crippen LogP contribution < -0.4 is 0 Å². The summed E-state index contributed by atoms with van der Waals surface area (Å²) in [6, 6.07) is 0. The van der Waals surface area contributed by atoms with Crippen molar-refractivity contribution in [2.24, 2.45) is 10.8 Å². The van der Waals surface area contributed by atoms with Crippen LogP contribution in [0.5, 0.6) is 0 Å². The zero-order chi connectivity index (χ0) is 10.8. The number of fused-ring (bicyclic) bond motifs is 1. The third-order valence-corrected chi connectivity index (χ3v) is 5.26. The number of rotatable bonds is 0. The van der Waals surface area contributed by atoms with E-state index in [0.717, 1.165) is 25.7 Å². The molecule has 16 heavy (non-hydrogen) atoms. The lowest BCUT2D eigenvalue weighted by Crippen LogP contribution is -2.71. The largest absolute Gasteiger partial charge is 0.449 e. The number of ether oxygens (including phenoxy) is 2. The summed E-state index contributed by atoms with van der Waals surface area (Å²) < 4.78 is 11.5. The third kappa shape index (κ3) is 0.775. The summed E-state index contributed by atoms with van der Waals surface area (Å²) in [5, 5.41) is 0.366. The van der Waals surface area contributed by atoms with Gasteiger partial charge in [0, 0.05) is 23.0 Å². The highest BCUT2D eigenvalue weighted by Crippen LogP contribution is 2.71. The number of allylic oxidation sites excluding steroid dienone is 4. The van der Waals surface area contributed by atoms with Crippen LogP contribution in [0.3, 0.4) is 0 Å². The second-order valence-corrected chi connectivity index (χ2v) is 5.73. The molecule has 84 valence electrons. The first-order valence-electron chi connectivity index (χ1n) is 5.96. The highest BCUT2D eigenvalue weighted by molar-refractivity contribution is 7.79. The van der Waals surface area contributed by atoms with Gasteiger partial charge in [0.1, 0.15) is 12.2 Å². The standard InChI is InChI=1S/C13H14O2S/c16-11-14-9-10(15-11)13-6-2-1-5-12(9,13)7-3-4-8-13/h1-4,9-10H,5-8H2. The molecule has 3 heteroatoms. The van der Waals surface area contributed by atoms with Crippen molar-refractivity contribution in [3.63, 3.8) is 0 Å². The van der Waals surface area contributed by atoms with Crippen LogP contribution in [0, 0.1) is 10.8 Å². The van der Waals surface area contributed by atoms with Crippen LogP contribution in [0.15, 0.2) is 24.3 Å². The van der Waals surface area contributed by atoms with Crippen molar-refractivity contribution in [3.05, 3.63) is 24.3 Å². The maximum absolute atomic E-state index is 5.73. The van der Waals surface area contributed by atoms with Crippen LogP contribution in [0.25, 0.3) is 0 Å². The molecule has 1 saturated heterocycles. The van der Waals surface area contributed by atoms with Gasteiger partial charge in [0.05, 0.1) is 0 Å². The molecule has 3 aliphatic carbocycles. The molecule has 2 fully saturated rings. The average molecular weight is 234 g/mol. The zero-order valence-electron chi connectivity index (χ0n) is 9.02. The van der Waals surface area contributed by atoms with Crippen LogP contribution in [0.1, 0.15) is 25.7 Å². The first kappa shape index (κ1) is 9.23. The summed E-state index contributed by atoms with van der Waals surface area (Å²) in [5.74, 6) is 0. The molecular formula is C13H14O2S. The van der Waals surface area contributed by atoms with Gasteiger partial charge in [-0.1, -0.05) is 24.3 Å². The normalized spacial score (nSPS) is 51.9. The monoisotopic (exact) mass is 234 g/mol. The fraction of sp³-hybridized carbons (Fsp3) is 0.615. The fourth-order valence-corrected chi connectivity index (χ4v) is 4.46. The molecule has 2 nitrogen and oxygen atoms in total. The van der Waals surface area contributed by atoms with E-state index in [1.165, 1.54) is 0 Å². The Balaban J connectivity index is 1.84. The number of hydrogen-bond donors (Lipinski definition) is 0. The van der Waals surface area contributed by atoms with Gasteiger partial charge in [-0.2, -0.15) is 0 Å². The molecule has 0 aromatic heterocycles. The Hall–Kier alpha value is -0.830. The lowest BCUT2D eigenvalue weighted by molar-refractivity contribution is -0.229. The molecule has 1 saturated carbocycles. The van der Waals surface area contributed by atoms with Crippen molar-refractivity contribution in [2.45, 2.75) is 37.9 Å². The molecule has 2 atom stereocenters. The van der Waals surface area contributed by atoms with Crippen LogP contribution >= 0.6 is 12.2 Å². The van der Waals surface area contributed by atoms with Crippen molar-refractivity contribution in [2.75, 3.05) is 0 Å². The highest BCUT2D eigenvalue weighted by atomic mass is 32.1. The smallest absolute Gasteiger partial charge is 0.353 e. The van der Waals surface area contributed by atoms with E-state index in [-0.39, 0.29) is 23.0 Å². The molecule has 1 heterocycles. The lowest BCUT2D eigenvalue weighted by atomic mass is 9.39. The fourth-order valence-electron chi connectivity index (χ4n) is 4.25. The van der Waals surface area contributed by atoms with Gasteiger partial charge in [0.15, 0.2) is 0 Å². The average Bonchev–Trinajstić information content (AvgIpc) is 2.68. The van der Waals surface area contributed by atoms with E-state index in [2.05, 4.69) is 24.3 Å². The topological polar surface area (TPSA) is 18.5 Å². The van der Waals surface area contributed by atoms with Crippen LogP contribution in [0.4, 0.5) is 0 Å². The summed E-state index contributed by atoms with van der Waals surface area (Å²) in [6.07, 6.45) is 14.1. The molecule has 0 aromatic rings. The lowest BCUT2D eigenvalue weighted by Gasteiger charge is -2.66. The summed E-state index contributed by atoms with van der Waals surface area (Å²) in [6.45, 7) is 0. The van der Waals surface area contributed by atoms with E-state index >= 15 is 0 Å². The quantitative estimate of drug-likeness (QED) is 0.474. The summed E-state index contributed by atoms with van der Waals surface area (Å²) in [5.41, 5.74) is 0.531. The molecule has 0 spiro atoms. The summed E-state index contributed by atoms with van der Waals surface area (Å²) in [7, 11) is 0. The van der Waals surface area contributed by atoms with Gasteiger partial charge in [-0.05, 0) is 25.7 Å². The number of thiocarbonyl (C=S) groups is 1. The van der Waals surface area contributed by atoms with Gasteiger partial charge >= 0.3 is 5.24 Å². The van der Waals surface area contributed by atoms with Crippen molar-refractivity contribution in [3.8, 4) is 0 Å². The first-order valence-corrected chi connectivity index (χ1v) is 6.37. The molecule has 0 aromatic carbocycles. The van der Waals surface area contributed by atoms with Gasteiger partial charge < -0.3 is 9.47 Å². The molecule has 0 N–H and O–H groups in total. The van der Waals surface area contributed by atoms with Crippen LogP contribution in [0.2, 0.25) is 0 Å². The first-order chi connectivity index (χ1) is 7.79. The van der Waals surface area contributed by atoms with Crippen molar-refractivity contribution >= 4 is 17.5 Å². The second-order valence-electron chi connectivity index (χ2n) is 5.40. The van der Waals surface area contributed by atoms with Gasteiger partial charge in [-0.3, -0.25) is 0 Å². The summed E-state index contributed by atoms with van der Waals surface area (Å²) in [4.78, 5) is 0. The van der Waals surface area contributed by atoms with E-state index in [9.17, 15) is 0 Å². The van der Waals surface area contributed by atoms with Gasteiger partial charge in [-0.15, -0.1) is 0 Å². The van der Waals surface area contributed by atoms with Crippen LogP contribution in [-0.4, -0.2) is 17.4 Å². The Morgan fingerprint density at radius 3 is 1.62 bits per heavy atom. The maximum Gasteiger partial charge on any atom is 0.353 e. The van der Waals surface area contributed by atoms with E-state index in [1.54, 1.807) is 0 Å². The summed E-state index contributed by atoms with van der Waals surface area (Å²) >= 11 is 5.07. The predicted molar refractivity (Wildman–Crippen MR) is 64.0 cm³/mol. The molecule has 0 bridgehead atoms. The SMILES string of the molecule is S=C1OC2C(O1)C13CC=CCC21CC=CC3. The minimum absolute atomic E-state index is 0.204. The maximum atomic E-state index is 5.73. The molecule has 1 aliphatic heterocycles. The van der Waals surface area contributed by atoms with Gasteiger partial charge in [0.25, 0.3) is 0 Å². The van der Waals surface area contributed by atoms with Crippen LogP contribution in [-0.2, 0) is 9.47 Å². The Kier molecular flexibility index (Phi) is 1.56. The highest BCUT2D eigenvalue weighted by Gasteiger charge is 2.76. The van der Waals surface area contributed by atoms with E-state index in [1.807, 2.05) is 0 Å².